The van der Waals surface area contributed by atoms with E-state index in [9.17, 15) is 23.1 Å². The van der Waals surface area contributed by atoms with Crippen molar-refractivity contribution in [3.8, 4) is 17.3 Å². The van der Waals surface area contributed by atoms with Gasteiger partial charge in [-0.05, 0) is 19.1 Å². The maximum Gasteiger partial charge on any atom is 0.433 e. The molecule has 0 aliphatic rings. The third-order valence-corrected chi connectivity index (χ3v) is 3.52. The summed E-state index contributed by atoms with van der Waals surface area (Å²) in [7, 11) is 1.14. The van der Waals surface area contributed by atoms with Crippen LogP contribution in [0.15, 0.2) is 29.2 Å². The SMILES string of the molecule is COc1cc(C(F)(F)F)nc2c1c(O)nc(=O)n2-c1cccnc1C. The highest BCUT2D eigenvalue weighted by molar-refractivity contribution is 5.88. The Hall–Kier alpha value is -3.17. The van der Waals surface area contributed by atoms with Gasteiger partial charge >= 0.3 is 11.9 Å². The molecular formula is C15H11F3N4O3. The number of aromatic hydroxyl groups is 1. The Bertz CT molecular complexity index is 1030. The number of halogens is 3. The molecule has 3 rings (SSSR count). The number of pyridine rings is 2. The van der Waals surface area contributed by atoms with Crippen molar-refractivity contribution in [2.24, 2.45) is 0 Å². The number of methoxy groups -OCH3 is 1. The first-order valence-electron chi connectivity index (χ1n) is 6.94. The van der Waals surface area contributed by atoms with E-state index < -0.39 is 29.1 Å². The Balaban J connectivity index is 2.53. The quantitative estimate of drug-likeness (QED) is 0.761. The summed E-state index contributed by atoms with van der Waals surface area (Å²) in [6, 6.07) is 3.63. The molecule has 7 nitrogen and oxygen atoms in total. The van der Waals surface area contributed by atoms with E-state index in [4.69, 9.17) is 4.74 Å². The average molecular weight is 352 g/mol. The number of hydrogen-bond acceptors (Lipinski definition) is 6. The van der Waals surface area contributed by atoms with Gasteiger partial charge in [-0.2, -0.15) is 18.2 Å². The standard InChI is InChI=1S/C15H11F3N4O3/c1-7-8(4-3-5-19-7)22-12-11(13(23)21-14(22)24)9(25-2)6-10(20-12)15(16,17)18/h3-6H,1-2H3,(H,21,23,24). The molecule has 0 fully saturated rings. The zero-order valence-corrected chi connectivity index (χ0v) is 13.0. The number of aromatic nitrogens is 4. The molecule has 0 aromatic carbocycles. The second kappa shape index (κ2) is 5.72. The molecule has 10 heteroatoms. The zero-order chi connectivity index (χ0) is 18.4. The van der Waals surface area contributed by atoms with Gasteiger partial charge in [0.25, 0.3) is 0 Å². The molecule has 3 aromatic heterocycles. The lowest BCUT2D eigenvalue weighted by Gasteiger charge is -2.15. The maximum absolute atomic E-state index is 13.2. The predicted octanol–water partition coefficient (Wildman–Crippen LogP) is 2.22. The van der Waals surface area contributed by atoms with Crippen LogP contribution in [0, 0.1) is 6.92 Å². The Kier molecular flexibility index (Phi) is 3.82. The van der Waals surface area contributed by atoms with Crippen LogP contribution in [0.2, 0.25) is 0 Å². The normalized spacial score (nSPS) is 11.7. The minimum Gasteiger partial charge on any atom is -0.496 e. The van der Waals surface area contributed by atoms with Gasteiger partial charge in [0, 0.05) is 12.3 Å². The molecular weight excluding hydrogens is 341 g/mol. The topological polar surface area (TPSA) is 90.1 Å². The number of rotatable bonds is 2. The van der Waals surface area contributed by atoms with Gasteiger partial charge in [-0.15, -0.1) is 0 Å². The molecule has 1 N–H and O–H groups in total. The molecule has 0 unspecified atom stereocenters. The second-order valence-electron chi connectivity index (χ2n) is 5.07. The van der Waals surface area contributed by atoms with Gasteiger partial charge in [0.2, 0.25) is 5.88 Å². The lowest BCUT2D eigenvalue weighted by Crippen LogP contribution is -2.24. The van der Waals surface area contributed by atoms with Gasteiger partial charge in [0.1, 0.15) is 11.1 Å². The van der Waals surface area contributed by atoms with Gasteiger partial charge in [0.05, 0.1) is 18.5 Å². The summed E-state index contributed by atoms with van der Waals surface area (Å²) in [6.07, 6.45) is -3.31. The highest BCUT2D eigenvalue weighted by Gasteiger charge is 2.35. The first-order valence-corrected chi connectivity index (χ1v) is 6.94. The molecule has 0 radical (unpaired) electrons. The van der Waals surface area contributed by atoms with Gasteiger partial charge in [-0.25, -0.2) is 14.3 Å². The van der Waals surface area contributed by atoms with Crippen LogP contribution in [0.5, 0.6) is 11.6 Å². The van der Waals surface area contributed by atoms with E-state index in [1.807, 2.05) is 0 Å². The minimum atomic E-state index is -4.77. The molecule has 0 saturated heterocycles. The molecule has 0 spiro atoms. The molecule has 0 aliphatic heterocycles. The van der Waals surface area contributed by atoms with Crippen LogP contribution in [-0.2, 0) is 6.18 Å². The predicted molar refractivity (Wildman–Crippen MR) is 80.9 cm³/mol. The van der Waals surface area contributed by atoms with E-state index in [-0.39, 0.29) is 16.8 Å². The number of fused-ring (bicyclic) bond motifs is 1. The maximum atomic E-state index is 13.2. The van der Waals surface area contributed by atoms with E-state index in [2.05, 4.69) is 15.0 Å². The third kappa shape index (κ3) is 2.75. The van der Waals surface area contributed by atoms with Crippen molar-refractivity contribution in [2.45, 2.75) is 13.1 Å². The largest absolute Gasteiger partial charge is 0.496 e. The van der Waals surface area contributed by atoms with E-state index >= 15 is 0 Å². The number of alkyl halides is 3. The molecule has 0 amide bonds. The summed E-state index contributed by atoms with van der Waals surface area (Å²) in [4.78, 5) is 23.3. The summed E-state index contributed by atoms with van der Waals surface area (Å²) in [5, 5.41) is 9.75. The smallest absolute Gasteiger partial charge is 0.433 e. The van der Waals surface area contributed by atoms with E-state index in [0.29, 0.717) is 11.8 Å². The molecule has 3 heterocycles. The van der Waals surface area contributed by atoms with Crippen molar-refractivity contribution in [2.75, 3.05) is 7.11 Å². The van der Waals surface area contributed by atoms with Crippen molar-refractivity contribution < 1.29 is 23.0 Å². The van der Waals surface area contributed by atoms with Gasteiger partial charge < -0.3 is 9.84 Å². The third-order valence-electron chi connectivity index (χ3n) is 3.52. The van der Waals surface area contributed by atoms with Crippen LogP contribution in [-0.4, -0.2) is 31.7 Å². The number of nitrogens with zero attached hydrogens (tertiary/aromatic N) is 4. The molecule has 0 atom stereocenters. The van der Waals surface area contributed by atoms with E-state index in [1.165, 1.54) is 18.3 Å². The lowest BCUT2D eigenvalue weighted by molar-refractivity contribution is -0.141. The highest BCUT2D eigenvalue weighted by atomic mass is 19.4. The number of aryl methyl sites for hydroxylation is 1. The number of hydrogen-bond donors (Lipinski definition) is 1. The molecule has 3 aromatic rings. The summed E-state index contributed by atoms with van der Waals surface area (Å²) in [5.41, 5.74) is -2.12. The minimum absolute atomic E-state index is 0.193. The van der Waals surface area contributed by atoms with Crippen molar-refractivity contribution in [3.05, 3.63) is 46.3 Å². The van der Waals surface area contributed by atoms with Crippen LogP contribution in [0.1, 0.15) is 11.4 Å². The van der Waals surface area contributed by atoms with E-state index in [1.54, 1.807) is 6.92 Å². The van der Waals surface area contributed by atoms with Gasteiger partial charge in [-0.1, -0.05) is 0 Å². The zero-order valence-electron chi connectivity index (χ0n) is 13.0. The summed E-state index contributed by atoms with van der Waals surface area (Å²) >= 11 is 0. The summed E-state index contributed by atoms with van der Waals surface area (Å²) < 4.78 is 45.2. The molecule has 0 bridgehead atoms. The fourth-order valence-corrected chi connectivity index (χ4v) is 2.40. The fraction of sp³-hybridized carbons (Fsp3) is 0.200. The van der Waals surface area contributed by atoms with Crippen LogP contribution in [0.3, 0.4) is 0 Å². The Morgan fingerprint density at radius 1 is 1.28 bits per heavy atom. The van der Waals surface area contributed by atoms with Gasteiger partial charge in [-0.3, -0.25) is 4.98 Å². The average Bonchev–Trinajstić information content (AvgIpc) is 2.54. The Morgan fingerprint density at radius 2 is 2.00 bits per heavy atom. The lowest BCUT2D eigenvalue weighted by atomic mass is 10.2. The first-order chi connectivity index (χ1) is 11.7. The van der Waals surface area contributed by atoms with Crippen LogP contribution in [0.25, 0.3) is 16.7 Å². The summed E-state index contributed by atoms with van der Waals surface area (Å²) in [6.45, 7) is 1.57. The van der Waals surface area contributed by atoms with Crippen LogP contribution < -0.4 is 10.4 Å². The van der Waals surface area contributed by atoms with E-state index in [0.717, 1.165) is 11.7 Å². The molecule has 0 saturated carbocycles. The van der Waals surface area contributed by atoms with Crippen molar-refractivity contribution in [1.82, 2.24) is 19.5 Å². The second-order valence-corrected chi connectivity index (χ2v) is 5.07. The van der Waals surface area contributed by atoms with Crippen LogP contribution in [0.4, 0.5) is 13.2 Å². The monoisotopic (exact) mass is 352 g/mol. The molecule has 25 heavy (non-hydrogen) atoms. The Morgan fingerprint density at radius 3 is 2.60 bits per heavy atom. The van der Waals surface area contributed by atoms with Crippen molar-refractivity contribution in [3.63, 3.8) is 0 Å². The van der Waals surface area contributed by atoms with Crippen molar-refractivity contribution >= 4 is 11.0 Å². The Labute approximate surface area is 138 Å². The van der Waals surface area contributed by atoms with Crippen molar-refractivity contribution in [1.29, 1.82) is 0 Å². The summed E-state index contributed by atoms with van der Waals surface area (Å²) in [5.74, 6) is -1.08. The number of ether oxygens (including phenoxy) is 1. The first kappa shape index (κ1) is 16.7. The van der Waals surface area contributed by atoms with Crippen LogP contribution >= 0.6 is 0 Å². The highest BCUT2D eigenvalue weighted by Crippen LogP contribution is 2.36. The van der Waals surface area contributed by atoms with Gasteiger partial charge in [0.15, 0.2) is 11.3 Å². The molecule has 130 valence electrons. The fourth-order valence-electron chi connectivity index (χ4n) is 2.40. The molecule has 0 aliphatic carbocycles.